The van der Waals surface area contributed by atoms with Crippen molar-refractivity contribution in [2.45, 2.75) is 11.8 Å². The number of anilines is 2. The largest absolute Gasteiger partial charge is 0.312 e. The van der Waals surface area contributed by atoms with E-state index in [0.717, 1.165) is 11.8 Å². The Kier molecular flexibility index (Phi) is 4.17. The van der Waals surface area contributed by atoms with Crippen LogP contribution in [0.1, 0.15) is 11.3 Å². The highest BCUT2D eigenvalue weighted by atomic mass is 32.2. The van der Waals surface area contributed by atoms with Crippen LogP contribution in [0.2, 0.25) is 0 Å². The monoisotopic (exact) mass is 438 g/mol. The Balaban J connectivity index is 1.78. The van der Waals surface area contributed by atoms with Gasteiger partial charge >= 0.3 is 0 Å². The van der Waals surface area contributed by atoms with E-state index in [1.165, 1.54) is 32.7 Å². The Labute approximate surface area is 181 Å². The van der Waals surface area contributed by atoms with Crippen LogP contribution in [0.3, 0.4) is 0 Å². The third-order valence-electron chi connectivity index (χ3n) is 6.00. The van der Waals surface area contributed by atoms with Crippen LogP contribution in [0, 0.1) is 12.7 Å². The molecule has 1 spiro atoms. The number of hydrogen-bond acceptors (Lipinski definition) is 4. The van der Waals surface area contributed by atoms with Gasteiger partial charge in [0.2, 0.25) is 10.8 Å². The lowest BCUT2D eigenvalue weighted by molar-refractivity contribution is -0.123. The lowest BCUT2D eigenvalue weighted by Crippen LogP contribution is -2.50. The highest BCUT2D eigenvalue weighted by Gasteiger charge is 2.61. The maximum Gasteiger partial charge on any atom is 0.295 e. The van der Waals surface area contributed by atoms with Gasteiger partial charge in [0.1, 0.15) is 11.5 Å². The predicted octanol–water partition coefficient (Wildman–Crippen LogP) is 2.53. The van der Waals surface area contributed by atoms with Gasteiger partial charge in [0.15, 0.2) is 0 Å². The molecule has 1 unspecified atom stereocenters. The van der Waals surface area contributed by atoms with E-state index < -0.39 is 16.2 Å². The van der Waals surface area contributed by atoms with E-state index in [4.69, 9.17) is 0 Å². The van der Waals surface area contributed by atoms with Gasteiger partial charge in [-0.3, -0.25) is 24.0 Å². The molecule has 9 heteroatoms. The number of halogens is 1. The second-order valence-corrected chi connectivity index (χ2v) is 8.77. The first-order valence-corrected chi connectivity index (χ1v) is 10.7. The van der Waals surface area contributed by atoms with Crippen molar-refractivity contribution in [3.8, 4) is 5.69 Å². The van der Waals surface area contributed by atoms with Crippen molar-refractivity contribution in [1.29, 1.82) is 0 Å². The van der Waals surface area contributed by atoms with E-state index in [2.05, 4.69) is 0 Å². The summed E-state index contributed by atoms with van der Waals surface area (Å²) in [6, 6.07) is 13.2. The molecule has 31 heavy (non-hydrogen) atoms. The quantitative estimate of drug-likeness (QED) is 0.617. The fourth-order valence-corrected chi connectivity index (χ4v) is 5.81. The number of carbonyl (C=O) groups is 2. The molecule has 3 heterocycles. The van der Waals surface area contributed by atoms with Gasteiger partial charge < -0.3 is 4.90 Å². The Morgan fingerprint density at radius 2 is 1.74 bits per heavy atom. The van der Waals surface area contributed by atoms with Gasteiger partial charge in [-0.05, 0) is 31.2 Å². The van der Waals surface area contributed by atoms with Gasteiger partial charge in [0, 0.05) is 19.7 Å². The van der Waals surface area contributed by atoms with Crippen LogP contribution in [-0.2, 0) is 21.5 Å². The molecule has 0 radical (unpaired) electrons. The van der Waals surface area contributed by atoms with Crippen molar-refractivity contribution in [2.24, 2.45) is 7.05 Å². The number of thioether (sulfide) groups is 1. The number of para-hydroxylation sites is 1. The van der Waals surface area contributed by atoms with Gasteiger partial charge in [-0.25, -0.2) is 9.07 Å². The van der Waals surface area contributed by atoms with Crippen molar-refractivity contribution in [3.05, 3.63) is 76.0 Å². The van der Waals surface area contributed by atoms with Crippen molar-refractivity contribution in [2.75, 3.05) is 22.6 Å². The van der Waals surface area contributed by atoms with E-state index in [1.807, 2.05) is 18.2 Å². The van der Waals surface area contributed by atoms with Crippen LogP contribution < -0.4 is 15.4 Å². The number of hydrogen-bond donors (Lipinski definition) is 0. The number of aromatic nitrogens is 2. The number of rotatable bonds is 2. The van der Waals surface area contributed by atoms with Gasteiger partial charge in [-0.1, -0.05) is 24.3 Å². The Hall–Kier alpha value is -3.33. The molecule has 1 atom stereocenters. The first kappa shape index (κ1) is 19.6. The number of benzene rings is 2. The molecule has 3 aromatic rings. The maximum atomic E-state index is 13.9. The van der Waals surface area contributed by atoms with E-state index in [-0.39, 0.29) is 23.3 Å². The minimum absolute atomic E-state index is 0.0372. The molecule has 2 aliphatic rings. The molecule has 2 amide bonds. The third-order valence-corrected chi connectivity index (χ3v) is 7.38. The maximum absolute atomic E-state index is 13.9. The number of carbonyl (C=O) groups excluding carboxylic acids is 2. The normalized spacial score (nSPS) is 20.3. The van der Waals surface area contributed by atoms with Crippen LogP contribution in [0.15, 0.2) is 53.3 Å². The second kappa shape index (κ2) is 6.58. The lowest BCUT2D eigenvalue weighted by atomic mass is 10.0. The Morgan fingerprint density at radius 3 is 2.45 bits per heavy atom. The van der Waals surface area contributed by atoms with Crippen LogP contribution >= 0.6 is 11.8 Å². The van der Waals surface area contributed by atoms with E-state index in [9.17, 15) is 18.8 Å². The summed E-state index contributed by atoms with van der Waals surface area (Å²) in [6.45, 7) is 1.74. The van der Waals surface area contributed by atoms with Crippen molar-refractivity contribution in [3.63, 3.8) is 0 Å². The molecule has 5 rings (SSSR count). The highest BCUT2D eigenvalue weighted by Crippen LogP contribution is 2.55. The first-order valence-electron chi connectivity index (χ1n) is 9.68. The second-order valence-electron chi connectivity index (χ2n) is 7.60. The number of fused-ring (bicyclic) bond motifs is 2. The summed E-state index contributed by atoms with van der Waals surface area (Å²) in [5.74, 6) is -1.15. The molecule has 1 fully saturated rings. The standard InChI is InChI=1S/C22H19FN4O3S/c1-13-19(20(29)27(25(13)3)15-7-5-4-6-8-15)26-18(28)12-31-22(26)16-10-9-14(23)11-17(16)24(2)21(22)30/h4-11H,12H2,1-3H3. The predicted molar refractivity (Wildman–Crippen MR) is 117 cm³/mol. The average Bonchev–Trinajstić information content (AvgIpc) is 3.28. The number of likely N-dealkylation sites (N-methyl/N-ethyl adjacent to an activating group) is 1. The van der Waals surface area contributed by atoms with Crippen molar-refractivity contribution in [1.82, 2.24) is 9.36 Å². The zero-order valence-corrected chi connectivity index (χ0v) is 17.9. The molecule has 1 aromatic heterocycles. The fraction of sp³-hybridized carbons (Fsp3) is 0.227. The highest BCUT2D eigenvalue weighted by molar-refractivity contribution is 8.02. The zero-order chi connectivity index (χ0) is 22.1. The van der Waals surface area contributed by atoms with Crippen LogP contribution in [0.4, 0.5) is 15.8 Å². The summed E-state index contributed by atoms with van der Waals surface area (Å²) in [5.41, 5.74) is 1.86. The fourth-order valence-electron chi connectivity index (χ4n) is 4.44. The molecular formula is C22H19FN4O3S. The summed E-state index contributed by atoms with van der Waals surface area (Å²) in [6.07, 6.45) is 0. The minimum atomic E-state index is -1.44. The summed E-state index contributed by atoms with van der Waals surface area (Å²) in [7, 11) is 3.29. The van der Waals surface area contributed by atoms with Crippen molar-refractivity contribution < 1.29 is 14.0 Å². The smallest absolute Gasteiger partial charge is 0.295 e. The summed E-state index contributed by atoms with van der Waals surface area (Å²) >= 11 is 1.16. The minimum Gasteiger partial charge on any atom is -0.312 e. The van der Waals surface area contributed by atoms with E-state index >= 15 is 0 Å². The Bertz CT molecular complexity index is 1320. The molecule has 2 aliphatic heterocycles. The SMILES string of the molecule is Cc1c(N2C(=O)CSC23C(=O)N(C)c2cc(F)ccc23)c(=O)n(-c2ccccc2)n1C. The molecule has 0 bridgehead atoms. The first-order chi connectivity index (χ1) is 14.8. The van der Waals surface area contributed by atoms with Gasteiger partial charge in [0.05, 0.1) is 22.8 Å². The molecular weight excluding hydrogens is 419 g/mol. The van der Waals surface area contributed by atoms with Gasteiger partial charge in [-0.2, -0.15) is 0 Å². The molecule has 7 nitrogen and oxygen atoms in total. The third kappa shape index (κ3) is 2.43. The molecule has 1 saturated heterocycles. The summed E-state index contributed by atoms with van der Waals surface area (Å²) in [4.78, 5) is 41.4. The lowest BCUT2D eigenvalue weighted by Gasteiger charge is -2.32. The number of nitrogens with zero attached hydrogens (tertiary/aromatic N) is 4. The average molecular weight is 438 g/mol. The van der Waals surface area contributed by atoms with E-state index in [1.54, 1.807) is 37.8 Å². The van der Waals surface area contributed by atoms with Gasteiger partial charge in [0.25, 0.3) is 11.5 Å². The summed E-state index contributed by atoms with van der Waals surface area (Å²) < 4.78 is 17.1. The topological polar surface area (TPSA) is 67.6 Å². The van der Waals surface area contributed by atoms with Crippen LogP contribution in [-0.4, -0.2) is 34.0 Å². The Morgan fingerprint density at radius 1 is 1.03 bits per heavy atom. The molecule has 158 valence electrons. The molecule has 0 saturated carbocycles. The molecule has 0 aliphatic carbocycles. The summed E-state index contributed by atoms with van der Waals surface area (Å²) in [5, 5.41) is 0. The van der Waals surface area contributed by atoms with Crippen LogP contribution in [0.5, 0.6) is 0 Å². The van der Waals surface area contributed by atoms with E-state index in [0.29, 0.717) is 22.6 Å². The van der Waals surface area contributed by atoms with Crippen LogP contribution in [0.25, 0.3) is 5.69 Å². The van der Waals surface area contributed by atoms with Crippen molar-refractivity contribution >= 4 is 35.0 Å². The van der Waals surface area contributed by atoms with Gasteiger partial charge in [-0.15, -0.1) is 11.8 Å². The molecule has 0 N–H and O–H groups in total. The number of amides is 2. The zero-order valence-electron chi connectivity index (χ0n) is 17.1. The molecule has 2 aromatic carbocycles.